The number of rotatable bonds is 7. The second-order valence-corrected chi connectivity index (χ2v) is 7.18. The first kappa shape index (κ1) is 20.9. The van der Waals surface area contributed by atoms with Crippen molar-refractivity contribution in [1.29, 1.82) is 0 Å². The van der Waals surface area contributed by atoms with Gasteiger partial charge in [-0.3, -0.25) is 9.59 Å². The number of nitrogens with one attached hydrogen (secondary N) is 2. The summed E-state index contributed by atoms with van der Waals surface area (Å²) in [6.45, 7) is 2.20. The summed E-state index contributed by atoms with van der Waals surface area (Å²) in [7, 11) is 1.91. The van der Waals surface area contributed by atoms with Gasteiger partial charge >= 0.3 is 0 Å². The summed E-state index contributed by atoms with van der Waals surface area (Å²) >= 11 is 0. The van der Waals surface area contributed by atoms with Gasteiger partial charge in [-0.2, -0.15) is 0 Å². The summed E-state index contributed by atoms with van der Waals surface area (Å²) in [5, 5.41) is 5.62. The Balaban J connectivity index is 1.39. The summed E-state index contributed by atoms with van der Waals surface area (Å²) in [5.41, 5.74) is 2.41. The Morgan fingerprint density at radius 1 is 1.06 bits per heavy atom. The quantitative estimate of drug-likeness (QED) is 0.453. The standard InChI is InChI=1S/C24H22N4O4/c1-16-5-6-17(14-20(16)27-24(30)21-4-3-13-31-21)23(29)26-18-7-9-19(10-8-18)32-15-22-25-11-12-28(22)2/h3-14H,15H2,1-2H3,(H,26,29)(H,27,30). The van der Waals surface area contributed by atoms with Crippen molar-refractivity contribution in [3.05, 3.63) is 96.0 Å². The first-order chi connectivity index (χ1) is 15.5. The van der Waals surface area contributed by atoms with E-state index >= 15 is 0 Å². The molecule has 0 fully saturated rings. The van der Waals surface area contributed by atoms with Crippen molar-refractivity contribution in [2.45, 2.75) is 13.5 Å². The molecule has 0 aliphatic rings. The van der Waals surface area contributed by atoms with E-state index in [1.807, 2.05) is 24.7 Å². The fourth-order valence-corrected chi connectivity index (χ4v) is 3.01. The van der Waals surface area contributed by atoms with Crippen molar-refractivity contribution in [2.75, 3.05) is 10.6 Å². The monoisotopic (exact) mass is 430 g/mol. The lowest BCUT2D eigenvalue weighted by atomic mass is 10.1. The van der Waals surface area contributed by atoms with Gasteiger partial charge in [-0.1, -0.05) is 6.07 Å². The molecule has 0 bridgehead atoms. The van der Waals surface area contributed by atoms with Gasteiger partial charge in [0, 0.05) is 36.4 Å². The van der Waals surface area contributed by atoms with E-state index in [4.69, 9.17) is 9.15 Å². The van der Waals surface area contributed by atoms with Gasteiger partial charge in [-0.05, 0) is 61.0 Å². The van der Waals surface area contributed by atoms with E-state index in [1.54, 1.807) is 60.8 Å². The predicted molar refractivity (Wildman–Crippen MR) is 120 cm³/mol. The minimum absolute atomic E-state index is 0.199. The summed E-state index contributed by atoms with van der Waals surface area (Å²) < 4.78 is 12.7. The molecule has 0 unspecified atom stereocenters. The maximum atomic E-state index is 12.7. The van der Waals surface area contributed by atoms with Crippen LogP contribution in [0, 0.1) is 6.92 Å². The minimum Gasteiger partial charge on any atom is -0.486 e. The van der Waals surface area contributed by atoms with E-state index in [-0.39, 0.29) is 17.6 Å². The molecule has 8 heteroatoms. The summed E-state index contributed by atoms with van der Waals surface area (Å²) in [6, 6.07) is 15.4. The van der Waals surface area contributed by atoms with Crippen LogP contribution in [0.2, 0.25) is 0 Å². The maximum absolute atomic E-state index is 12.7. The number of aryl methyl sites for hydroxylation is 2. The van der Waals surface area contributed by atoms with E-state index < -0.39 is 0 Å². The summed E-state index contributed by atoms with van der Waals surface area (Å²) in [6.07, 6.45) is 5.01. The number of furan rings is 1. The molecule has 0 saturated heterocycles. The third-order valence-electron chi connectivity index (χ3n) is 4.89. The Hall–Kier alpha value is -4.33. The second kappa shape index (κ2) is 9.22. The minimum atomic E-state index is -0.378. The van der Waals surface area contributed by atoms with E-state index in [9.17, 15) is 9.59 Å². The molecule has 0 atom stereocenters. The van der Waals surface area contributed by atoms with Gasteiger partial charge in [0.15, 0.2) is 5.76 Å². The van der Waals surface area contributed by atoms with Gasteiger partial charge in [0.25, 0.3) is 11.8 Å². The Labute approximate surface area is 184 Å². The highest BCUT2D eigenvalue weighted by molar-refractivity contribution is 6.07. The van der Waals surface area contributed by atoms with Gasteiger partial charge in [-0.15, -0.1) is 0 Å². The van der Waals surface area contributed by atoms with Gasteiger partial charge in [0.05, 0.1) is 6.26 Å². The van der Waals surface area contributed by atoms with Crippen molar-refractivity contribution in [2.24, 2.45) is 7.05 Å². The van der Waals surface area contributed by atoms with Crippen LogP contribution in [0.3, 0.4) is 0 Å². The van der Waals surface area contributed by atoms with Crippen LogP contribution in [-0.4, -0.2) is 21.4 Å². The Morgan fingerprint density at radius 3 is 2.56 bits per heavy atom. The number of imidazole rings is 1. The molecule has 4 aromatic rings. The topological polar surface area (TPSA) is 98.4 Å². The summed E-state index contributed by atoms with van der Waals surface area (Å²) in [4.78, 5) is 29.2. The molecule has 2 N–H and O–H groups in total. The van der Waals surface area contributed by atoms with Crippen LogP contribution >= 0.6 is 0 Å². The van der Waals surface area contributed by atoms with Gasteiger partial charge in [0.2, 0.25) is 0 Å². The molecule has 4 rings (SSSR count). The van der Waals surface area contributed by atoms with Gasteiger partial charge in [0.1, 0.15) is 18.2 Å². The number of amides is 2. The third kappa shape index (κ3) is 4.86. The maximum Gasteiger partial charge on any atom is 0.291 e. The van der Waals surface area contributed by atoms with Crippen LogP contribution in [-0.2, 0) is 13.7 Å². The molecular weight excluding hydrogens is 408 g/mol. The number of hydrogen-bond acceptors (Lipinski definition) is 5. The molecule has 8 nitrogen and oxygen atoms in total. The third-order valence-corrected chi connectivity index (χ3v) is 4.89. The second-order valence-electron chi connectivity index (χ2n) is 7.18. The van der Waals surface area contributed by atoms with Crippen LogP contribution in [0.15, 0.2) is 77.7 Å². The first-order valence-corrected chi connectivity index (χ1v) is 9.95. The van der Waals surface area contributed by atoms with Crippen LogP contribution in [0.25, 0.3) is 0 Å². The molecule has 0 spiro atoms. The van der Waals surface area contributed by atoms with Crippen LogP contribution in [0.1, 0.15) is 32.3 Å². The lowest BCUT2D eigenvalue weighted by molar-refractivity contribution is 0.0993. The van der Waals surface area contributed by atoms with E-state index in [2.05, 4.69) is 15.6 Å². The van der Waals surface area contributed by atoms with Crippen LogP contribution in [0.5, 0.6) is 5.75 Å². The molecule has 32 heavy (non-hydrogen) atoms. The first-order valence-electron chi connectivity index (χ1n) is 9.95. The molecule has 2 aromatic heterocycles. The number of carbonyl (C=O) groups excluding carboxylic acids is 2. The lowest BCUT2D eigenvalue weighted by Crippen LogP contribution is -2.15. The average Bonchev–Trinajstić information content (AvgIpc) is 3.47. The zero-order valence-electron chi connectivity index (χ0n) is 17.7. The van der Waals surface area contributed by atoms with Crippen molar-refractivity contribution < 1.29 is 18.7 Å². The molecular formula is C24H22N4O4. The highest BCUT2D eigenvalue weighted by Crippen LogP contribution is 2.21. The fraction of sp³-hybridized carbons (Fsp3) is 0.125. The number of anilines is 2. The number of hydrogen-bond donors (Lipinski definition) is 2. The molecule has 0 radical (unpaired) electrons. The normalized spacial score (nSPS) is 10.6. The lowest BCUT2D eigenvalue weighted by Gasteiger charge is -2.11. The van der Waals surface area contributed by atoms with Gasteiger partial charge < -0.3 is 24.4 Å². The number of nitrogens with zero attached hydrogens (tertiary/aromatic N) is 2. The number of aromatic nitrogens is 2. The SMILES string of the molecule is Cc1ccc(C(=O)Nc2ccc(OCc3nccn3C)cc2)cc1NC(=O)c1ccco1. The Bertz CT molecular complexity index is 1230. The van der Waals surface area contributed by atoms with Crippen LogP contribution in [0.4, 0.5) is 11.4 Å². The molecule has 2 heterocycles. The predicted octanol–water partition coefficient (Wildman–Crippen LogP) is 4.41. The number of carbonyl (C=O) groups is 2. The molecule has 0 aliphatic heterocycles. The van der Waals surface area contributed by atoms with Crippen molar-refractivity contribution in [1.82, 2.24) is 9.55 Å². The average molecular weight is 430 g/mol. The Kier molecular flexibility index (Phi) is 6.03. The van der Waals surface area contributed by atoms with Crippen LogP contribution < -0.4 is 15.4 Å². The van der Waals surface area contributed by atoms with Crippen molar-refractivity contribution in [3.63, 3.8) is 0 Å². The molecule has 2 amide bonds. The highest BCUT2D eigenvalue weighted by atomic mass is 16.5. The Morgan fingerprint density at radius 2 is 1.88 bits per heavy atom. The fourth-order valence-electron chi connectivity index (χ4n) is 3.01. The van der Waals surface area contributed by atoms with E-state index in [0.29, 0.717) is 29.3 Å². The molecule has 2 aromatic carbocycles. The molecule has 0 aliphatic carbocycles. The molecule has 162 valence electrons. The van der Waals surface area contributed by atoms with Crippen molar-refractivity contribution >= 4 is 23.2 Å². The highest BCUT2D eigenvalue weighted by Gasteiger charge is 2.13. The summed E-state index contributed by atoms with van der Waals surface area (Å²) in [5.74, 6) is 1.02. The number of ether oxygens (including phenoxy) is 1. The smallest absolute Gasteiger partial charge is 0.291 e. The van der Waals surface area contributed by atoms with E-state index in [1.165, 1.54) is 6.26 Å². The zero-order valence-corrected chi connectivity index (χ0v) is 17.7. The molecule has 0 saturated carbocycles. The number of benzene rings is 2. The largest absolute Gasteiger partial charge is 0.486 e. The zero-order chi connectivity index (χ0) is 22.5. The van der Waals surface area contributed by atoms with Gasteiger partial charge in [-0.25, -0.2) is 4.98 Å². The van der Waals surface area contributed by atoms with Crippen molar-refractivity contribution in [3.8, 4) is 5.75 Å². The van der Waals surface area contributed by atoms with E-state index in [0.717, 1.165) is 11.4 Å².